The SMILES string of the molecule is CCOC(=O)c1cccc(C2=CCN(Cc3ccccc3)CC2C)c1.CCOC(=O)c1cccc([C@@H]2CCN(Cc3ccccc3)C[C@@H]2C)c1.CCOC(=O)c1cccc([C@H]2CCN(Cc3ccccc3)C[C@@H]2C)c1. The van der Waals surface area contributed by atoms with Gasteiger partial charge in [0.2, 0.25) is 0 Å². The van der Waals surface area contributed by atoms with Gasteiger partial charge in [0.25, 0.3) is 0 Å². The van der Waals surface area contributed by atoms with Crippen molar-refractivity contribution in [1.29, 1.82) is 0 Å². The molecule has 0 N–H and O–H groups in total. The zero-order valence-electron chi connectivity index (χ0n) is 45.2. The van der Waals surface area contributed by atoms with E-state index in [4.69, 9.17) is 14.2 Å². The first kappa shape index (κ1) is 56.1. The van der Waals surface area contributed by atoms with Gasteiger partial charge in [-0.15, -0.1) is 0 Å². The van der Waals surface area contributed by atoms with E-state index >= 15 is 0 Å². The third-order valence-corrected chi connectivity index (χ3v) is 14.7. The van der Waals surface area contributed by atoms with Gasteiger partial charge >= 0.3 is 17.9 Å². The van der Waals surface area contributed by atoms with Crippen molar-refractivity contribution in [2.24, 2.45) is 17.8 Å². The maximum absolute atomic E-state index is 12.0. The van der Waals surface area contributed by atoms with Gasteiger partial charge in [-0.05, 0) is 152 Å². The summed E-state index contributed by atoms with van der Waals surface area (Å²) >= 11 is 0. The molecule has 9 nitrogen and oxygen atoms in total. The molecule has 2 fully saturated rings. The summed E-state index contributed by atoms with van der Waals surface area (Å²) < 4.78 is 15.4. The van der Waals surface area contributed by atoms with Crippen molar-refractivity contribution in [2.45, 2.75) is 85.9 Å². The maximum Gasteiger partial charge on any atom is 0.338 e. The van der Waals surface area contributed by atoms with Crippen LogP contribution in [0.2, 0.25) is 0 Å². The molecule has 3 aliphatic heterocycles. The first-order chi connectivity index (χ1) is 36.5. The van der Waals surface area contributed by atoms with Crippen LogP contribution in [-0.2, 0) is 33.8 Å². The highest BCUT2D eigenvalue weighted by Crippen LogP contribution is 2.36. The number of nitrogens with zero attached hydrogens (tertiary/aromatic N) is 3. The van der Waals surface area contributed by atoms with Gasteiger partial charge in [0.1, 0.15) is 0 Å². The summed E-state index contributed by atoms with van der Waals surface area (Å²) in [5.74, 6) is 1.86. The number of likely N-dealkylation sites (tertiary alicyclic amines) is 2. The molecule has 0 aromatic heterocycles. The number of hydrogen-bond acceptors (Lipinski definition) is 9. The molecule has 9 rings (SSSR count). The Morgan fingerprint density at radius 1 is 0.453 bits per heavy atom. The van der Waals surface area contributed by atoms with Crippen molar-refractivity contribution in [3.8, 4) is 0 Å². The van der Waals surface area contributed by atoms with Crippen LogP contribution in [0.15, 0.2) is 170 Å². The van der Waals surface area contributed by atoms with Gasteiger partial charge in [-0.25, -0.2) is 14.4 Å². The minimum atomic E-state index is -0.251. The fraction of sp³-hybridized carbons (Fsp3) is 0.379. The highest BCUT2D eigenvalue weighted by molar-refractivity contribution is 5.91. The highest BCUT2D eigenvalue weighted by Gasteiger charge is 2.29. The van der Waals surface area contributed by atoms with Crippen molar-refractivity contribution in [3.63, 3.8) is 0 Å². The Bertz CT molecular complexity index is 2620. The van der Waals surface area contributed by atoms with Crippen LogP contribution in [0.1, 0.15) is 131 Å². The number of piperidine rings is 2. The van der Waals surface area contributed by atoms with Gasteiger partial charge in [-0.3, -0.25) is 14.7 Å². The number of carbonyl (C=O) groups is 3. The Kier molecular flexibility index (Phi) is 21.6. The van der Waals surface area contributed by atoms with E-state index in [9.17, 15) is 14.4 Å². The molecular weight excluding hydrogens is 931 g/mol. The van der Waals surface area contributed by atoms with Gasteiger partial charge in [-0.1, -0.05) is 154 Å². The van der Waals surface area contributed by atoms with Crippen LogP contribution in [-0.4, -0.2) is 91.7 Å². The predicted octanol–water partition coefficient (Wildman–Crippen LogP) is 13.4. The molecule has 2 saturated heterocycles. The molecule has 394 valence electrons. The van der Waals surface area contributed by atoms with Gasteiger partial charge in [0.15, 0.2) is 0 Å². The average Bonchev–Trinajstić information content (AvgIpc) is 3.42. The minimum Gasteiger partial charge on any atom is -0.462 e. The Balaban J connectivity index is 0.000000164. The number of benzene rings is 6. The van der Waals surface area contributed by atoms with Crippen LogP contribution in [0, 0.1) is 17.8 Å². The fourth-order valence-electron chi connectivity index (χ4n) is 11.0. The second kappa shape index (κ2) is 28.9. The second-order valence-corrected chi connectivity index (χ2v) is 20.4. The molecule has 0 spiro atoms. The number of rotatable bonds is 15. The molecule has 0 amide bonds. The molecule has 0 radical (unpaired) electrons. The van der Waals surface area contributed by atoms with Crippen molar-refractivity contribution >= 4 is 23.5 Å². The lowest BCUT2D eigenvalue weighted by atomic mass is 9.81. The molecule has 9 heteroatoms. The van der Waals surface area contributed by atoms with E-state index in [1.54, 1.807) is 0 Å². The van der Waals surface area contributed by atoms with Crippen LogP contribution >= 0.6 is 0 Å². The summed E-state index contributed by atoms with van der Waals surface area (Å²) in [6.45, 7) is 22.9. The van der Waals surface area contributed by atoms with E-state index < -0.39 is 0 Å². The predicted molar refractivity (Wildman–Crippen MR) is 303 cm³/mol. The van der Waals surface area contributed by atoms with Crippen molar-refractivity contribution in [1.82, 2.24) is 14.7 Å². The number of hydrogen-bond donors (Lipinski definition) is 0. The Labute approximate surface area is 447 Å². The molecule has 0 saturated carbocycles. The Hall–Kier alpha value is -6.65. The smallest absolute Gasteiger partial charge is 0.338 e. The molecular formula is C66H79N3O6. The standard InChI is InChI=1S/2C22H27NO2.C22H25NO2/c3*1-3-25-22(24)20-11-7-10-19(14-20)21-12-13-23(15-17(21)2)16-18-8-5-4-6-9-18/h2*4-11,14,17,21H,3,12-13,15-16H2,1-2H3;4-12,14,17H,3,13,15-16H2,1-2H3/t17-,21+;17-,21-;/m00./s1. The van der Waals surface area contributed by atoms with Crippen LogP contribution < -0.4 is 0 Å². The minimum absolute atomic E-state index is 0.224. The number of carbonyl (C=O) groups excluding carboxylic acids is 3. The van der Waals surface area contributed by atoms with Crippen molar-refractivity contribution < 1.29 is 28.6 Å². The summed E-state index contributed by atoms with van der Waals surface area (Å²) in [5.41, 5.74) is 11.0. The third kappa shape index (κ3) is 16.7. The molecule has 1 unspecified atom stereocenters. The maximum atomic E-state index is 12.0. The monoisotopic (exact) mass is 1010 g/mol. The highest BCUT2D eigenvalue weighted by atomic mass is 16.5. The normalized spacial score (nSPS) is 20.0. The summed E-state index contributed by atoms with van der Waals surface area (Å²) in [6.07, 6.45) is 4.54. The zero-order chi connectivity index (χ0) is 52.9. The molecule has 6 aromatic rings. The quantitative estimate of drug-likeness (QED) is 0.0737. The molecule has 75 heavy (non-hydrogen) atoms. The second-order valence-electron chi connectivity index (χ2n) is 20.4. The number of esters is 3. The zero-order valence-corrected chi connectivity index (χ0v) is 45.2. The topological polar surface area (TPSA) is 88.6 Å². The van der Waals surface area contributed by atoms with E-state index in [2.05, 4.69) is 151 Å². The van der Waals surface area contributed by atoms with Crippen LogP contribution in [0.25, 0.3) is 5.57 Å². The van der Waals surface area contributed by atoms with E-state index in [1.165, 1.54) is 33.4 Å². The summed E-state index contributed by atoms with van der Waals surface area (Å²) in [7, 11) is 0. The Morgan fingerprint density at radius 3 is 1.23 bits per heavy atom. The van der Waals surface area contributed by atoms with Crippen molar-refractivity contribution in [2.75, 3.05) is 59.1 Å². The molecule has 3 aliphatic rings. The molecule has 0 aliphatic carbocycles. The van der Waals surface area contributed by atoms with Gasteiger partial charge in [0, 0.05) is 45.8 Å². The van der Waals surface area contributed by atoms with E-state index in [0.717, 1.165) is 77.3 Å². The lowest BCUT2D eigenvalue weighted by Gasteiger charge is -2.37. The first-order valence-corrected chi connectivity index (χ1v) is 27.3. The van der Waals surface area contributed by atoms with Crippen LogP contribution in [0.3, 0.4) is 0 Å². The van der Waals surface area contributed by atoms with Crippen LogP contribution in [0.4, 0.5) is 0 Å². The lowest BCUT2D eigenvalue weighted by Crippen LogP contribution is -2.37. The van der Waals surface area contributed by atoms with Gasteiger partial charge in [0.05, 0.1) is 36.5 Å². The van der Waals surface area contributed by atoms with E-state index in [-0.39, 0.29) is 17.9 Å². The molecule has 6 aromatic carbocycles. The lowest BCUT2D eigenvalue weighted by molar-refractivity contribution is 0.0516. The van der Waals surface area contributed by atoms with E-state index in [1.807, 2.05) is 75.4 Å². The Morgan fingerprint density at radius 2 is 0.840 bits per heavy atom. The third-order valence-electron chi connectivity index (χ3n) is 14.7. The molecule has 5 atom stereocenters. The van der Waals surface area contributed by atoms with Gasteiger partial charge in [-0.2, -0.15) is 0 Å². The van der Waals surface area contributed by atoms with Gasteiger partial charge < -0.3 is 14.2 Å². The summed E-state index contributed by atoms with van der Waals surface area (Å²) in [4.78, 5) is 43.5. The van der Waals surface area contributed by atoms with Crippen LogP contribution in [0.5, 0.6) is 0 Å². The summed E-state index contributed by atoms with van der Waals surface area (Å²) in [6, 6.07) is 55.7. The fourth-order valence-corrected chi connectivity index (χ4v) is 11.0. The first-order valence-electron chi connectivity index (χ1n) is 27.3. The number of ether oxygens (including phenoxy) is 3. The summed E-state index contributed by atoms with van der Waals surface area (Å²) in [5, 5.41) is 0. The largest absolute Gasteiger partial charge is 0.462 e. The average molecular weight is 1010 g/mol. The van der Waals surface area contributed by atoms with E-state index in [0.29, 0.717) is 66.1 Å². The molecule has 3 heterocycles. The van der Waals surface area contributed by atoms with Crippen molar-refractivity contribution in [3.05, 3.63) is 220 Å². The molecule has 0 bridgehead atoms.